The third-order valence-electron chi connectivity index (χ3n) is 4.79. The van der Waals surface area contributed by atoms with Gasteiger partial charge in [0.05, 0.1) is 17.7 Å². The number of hydrogen-bond donors (Lipinski definition) is 1. The molecule has 0 heterocycles. The number of benzene rings is 1. The van der Waals surface area contributed by atoms with Crippen LogP contribution in [0.25, 0.3) is 0 Å². The largest absolute Gasteiger partial charge is 0.481 e. The summed E-state index contributed by atoms with van der Waals surface area (Å²) in [5.74, 6) is -1.27. The summed E-state index contributed by atoms with van der Waals surface area (Å²) >= 11 is 7.56. The van der Waals surface area contributed by atoms with Crippen LogP contribution in [0, 0.1) is 11.7 Å². The predicted octanol–water partition coefficient (Wildman–Crippen LogP) is 4.78. The van der Waals surface area contributed by atoms with Crippen molar-refractivity contribution in [3.05, 3.63) is 34.6 Å². The summed E-state index contributed by atoms with van der Waals surface area (Å²) in [6.45, 7) is 6.45. The second kappa shape index (κ2) is 10.1. The number of aliphatic carboxylic acids is 1. The van der Waals surface area contributed by atoms with Crippen LogP contribution in [0.2, 0.25) is 5.02 Å². The Morgan fingerprint density at radius 1 is 1.38 bits per heavy atom. The lowest BCUT2D eigenvalue weighted by molar-refractivity contribution is -0.147. The second-order valence-corrected chi connectivity index (χ2v) is 10.6. The summed E-state index contributed by atoms with van der Waals surface area (Å²) in [7, 11) is 1.51. The van der Waals surface area contributed by atoms with E-state index in [0.717, 1.165) is 12.8 Å². The van der Waals surface area contributed by atoms with E-state index in [1.165, 1.54) is 19.2 Å². The van der Waals surface area contributed by atoms with Crippen molar-refractivity contribution in [1.29, 1.82) is 0 Å². The first kappa shape index (κ1) is 24.0. The Hall–Kier alpha value is -1.31. The number of nitrogens with zero attached hydrogens (tertiary/aromatic N) is 1. The standard InChI is InChI=1S/C21H29ClFNO4S/c1-21(2,3)29-12-18(13-5-6-13)24(19(25)10-20(26)27)17(11-28-4)14-7-8-15(22)16(23)9-14/h7-9,13,17-18H,5-6,10-12H2,1-4H3,(H,26,27)/t17-,18?/m0/s1. The first-order valence-corrected chi connectivity index (χ1v) is 11.0. The van der Waals surface area contributed by atoms with Crippen molar-refractivity contribution in [3.8, 4) is 0 Å². The number of carbonyl (C=O) groups excluding carboxylic acids is 1. The third kappa shape index (κ3) is 7.15. The summed E-state index contributed by atoms with van der Waals surface area (Å²) in [5.41, 5.74) is 0.541. The molecule has 0 aliphatic heterocycles. The van der Waals surface area contributed by atoms with Crippen LogP contribution >= 0.6 is 23.4 Å². The highest BCUT2D eigenvalue weighted by Crippen LogP contribution is 2.42. The molecule has 1 unspecified atom stereocenters. The molecule has 0 aromatic heterocycles. The fourth-order valence-corrected chi connectivity index (χ4v) is 4.51. The van der Waals surface area contributed by atoms with Crippen LogP contribution in [-0.2, 0) is 14.3 Å². The van der Waals surface area contributed by atoms with E-state index in [2.05, 4.69) is 20.8 Å². The van der Waals surface area contributed by atoms with Crippen molar-refractivity contribution < 1.29 is 23.8 Å². The van der Waals surface area contributed by atoms with Crippen molar-refractivity contribution in [1.82, 2.24) is 4.90 Å². The number of carboxylic acid groups (broad SMARTS) is 1. The Bertz CT molecular complexity index is 736. The highest BCUT2D eigenvalue weighted by Gasteiger charge is 2.42. The van der Waals surface area contributed by atoms with Gasteiger partial charge in [0.15, 0.2) is 0 Å². The number of hydrogen-bond acceptors (Lipinski definition) is 4. The van der Waals surface area contributed by atoms with E-state index in [1.807, 2.05) is 0 Å². The van der Waals surface area contributed by atoms with Crippen molar-refractivity contribution in [2.75, 3.05) is 19.5 Å². The van der Waals surface area contributed by atoms with Gasteiger partial charge in [0, 0.05) is 23.7 Å². The maximum atomic E-state index is 14.2. The minimum absolute atomic E-state index is 0.00219. The average molecular weight is 446 g/mol. The fourth-order valence-electron chi connectivity index (χ4n) is 3.29. The summed E-state index contributed by atoms with van der Waals surface area (Å²) in [4.78, 5) is 26.0. The average Bonchev–Trinajstić information content (AvgIpc) is 3.43. The van der Waals surface area contributed by atoms with Gasteiger partial charge < -0.3 is 14.7 Å². The lowest BCUT2D eigenvalue weighted by atomic mass is 10.0. The van der Waals surface area contributed by atoms with E-state index in [4.69, 9.17) is 16.3 Å². The Kier molecular flexibility index (Phi) is 8.37. The van der Waals surface area contributed by atoms with Crippen LogP contribution in [0.3, 0.4) is 0 Å². The highest BCUT2D eigenvalue weighted by molar-refractivity contribution is 8.00. The van der Waals surface area contributed by atoms with E-state index < -0.39 is 30.2 Å². The molecule has 2 rings (SSSR count). The van der Waals surface area contributed by atoms with Gasteiger partial charge in [-0.2, -0.15) is 11.8 Å². The summed E-state index contributed by atoms with van der Waals surface area (Å²) in [6, 6.07) is 3.67. The molecule has 5 nitrogen and oxygen atoms in total. The smallest absolute Gasteiger partial charge is 0.312 e. The quantitative estimate of drug-likeness (QED) is 0.525. The lowest BCUT2D eigenvalue weighted by Gasteiger charge is -2.39. The number of carbonyl (C=O) groups is 2. The Balaban J connectivity index is 2.44. The number of halogens is 2. The topological polar surface area (TPSA) is 66.8 Å². The zero-order chi connectivity index (χ0) is 21.8. The van der Waals surface area contributed by atoms with Gasteiger partial charge in [0.2, 0.25) is 5.91 Å². The lowest BCUT2D eigenvalue weighted by Crippen LogP contribution is -2.48. The molecule has 0 bridgehead atoms. The Morgan fingerprint density at radius 2 is 2.03 bits per heavy atom. The van der Waals surface area contributed by atoms with Crippen LogP contribution in [0.5, 0.6) is 0 Å². The molecule has 0 spiro atoms. The molecule has 0 saturated heterocycles. The van der Waals surface area contributed by atoms with Crippen LogP contribution in [0.15, 0.2) is 18.2 Å². The summed E-state index contributed by atoms with van der Waals surface area (Å²) < 4.78 is 19.5. The molecule has 29 heavy (non-hydrogen) atoms. The number of ether oxygens (including phenoxy) is 1. The van der Waals surface area contributed by atoms with E-state index in [1.54, 1.807) is 22.7 Å². The summed E-state index contributed by atoms with van der Waals surface area (Å²) in [5, 5.41) is 9.23. The number of amides is 1. The van der Waals surface area contributed by atoms with Gasteiger partial charge >= 0.3 is 5.97 Å². The van der Waals surface area contributed by atoms with Gasteiger partial charge in [0.25, 0.3) is 0 Å². The molecule has 1 fully saturated rings. The maximum absolute atomic E-state index is 14.2. The van der Waals surface area contributed by atoms with Gasteiger partial charge in [-0.3, -0.25) is 9.59 Å². The minimum atomic E-state index is -1.18. The highest BCUT2D eigenvalue weighted by atomic mass is 35.5. The fraction of sp³-hybridized carbons (Fsp3) is 0.619. The normalized spacial score (nSPS) is 16.3. The molecule has 162 valence electrons. The predicted molar refractivity (Wildman–Crippen MR) is 114 cm³/mol. The van der Waals surface area contributed by atoms with E-state index in [9.17, 15) is 19.1 Å². The molecule has 1 saturated carbocycles. The van der Waals surface area contributed by atoms with Gasteiger partial charge in [0.1, 0.15) is 12.2 Å². The number of thioether (sulfide) groups is 1. The molecule has 8 heteroatoms. The molecule has 1 aromatic carbocycles. The number of rotatable bonds is 10. The molecule has 1 aliphatic rings. The van der Waals surface area contributed by atoms with Gasteiger partial charge in [-0.15, -0.1) is 0 Å². The van der Waals surface area contributed by atoms with Crippen molar-refractivity contribution in [3.63, 3.8) is 0 Å². The van der Waals surface area contributed by atoms with Crippen LogP contribution < -0.4 is 0 Å². The molecule has 1 aromatic rings. The van der Waals surface area contributed by atoms with Crippen molar-refractivity contribution in [2.45, 2.75) is 56.9 Å². The van der Waals surface area contributed by atoms with Gasteiger partial charge in [-0.25, -0.2) is 4.39 Å². The second-order valence-electron chi connectivity index (χ2n) is 8.34. The summed E-state index contributed by atoms with van der Waals surface area (Å²) in [6.07, 6.45) is 1.36. The molecule has 1 N–H and O–H groups in total. The van der Waals surface area contributed by atoms with E-state index in [0.29, 0.717) is 17.2 Å². The van der Waals surface area contributed by atoms with Gasteiger partial charge in [-0.05, 0) is 36.5 Å². The monoisotopic (exact) mass is 445 g/mol. The number of carboxylic acids is 1. The van der Waals surface area contributed by atoms with Crippen molar-refractivity contribution >= 4 is 35.2 Å². The molecule has 2 atom stereocenters. The first-order chi connectivity index (χ1) is 13.5. The molecule has 1 amide bonds. The SMILES string of the molecule is COC[C@@H](c1ccc(Cl)c(F)c1)N(C(=O)CC(=O)O)C(CSC(C)(C)C)C1CC1. The zero-order valence-corrected chi connectivity index (χ0v) is 18.9. The Labute approximate surface area is 180 Å². The molecule has 0 radical (unpaired) electrons. The maximum Gasteiger partial charge on any atom is 0.312 e. The van der Waals surface area contributed by atoms with Crippen LogP contribution in [-0.4, -0.2) is 52.1 Å². The molecular formula is C21H29ClFNO4S. The van der Waals surface area contributed by atoms with Crippen molar-refractivity contribution in [2.24, 2.45) is 5.92 Å². The number of methoxy groups -OCH3 is 1. The van der Waals surface area contributed by atoms with E-state index in [-0.39, 0.29) is 22.4 Å². The minimum Gasteiger partial charge on any atom is -0.481 e. The molecule has 1 aliphatic carbocycles. The first-order valence-electron chi connectivity index (χ1n) is 9.64. The third-order valence-corrected chi connectivity index (χ3v) is 6.47. The Morgan fingerprint density at radius 3 is 2.52 bits per heavy atom. The van der Waals surface area contributed by atoms with Gasteiger partial charge in [-0.1, -0.05) is 38.4 Å². The molecular weight excluding hydrogens is 417 g/mol. The van der Waals surface area contributed by atoms with Crippen LogP contribution in [0.1, 0.15) is 51.6 Å². The van der Waals surface area contributed by atoms with E-state index >= 15 is 0 Å². The zero-order valence-electron chi connectivity index (χ0n) is 17.3. The van der Waals surface area contributed by atoms with Crippen LogP contribution in [0.4, 0.5) is 4.39 Å².